The fraction of sp³-hybridized carbons (Fsp3) is 0.588. The van der Waals surface area contributed by atoms with Crippen LogP contribution >= 0.6 is 11.6 Å². The quantitative estimate of drug-likeness (QED) is 0.625. The third-order valence-electron chi connectivity index (χ3n) is 4.43. The van der Waals surface area contributed by atoms with Gasteiger partial charge in [0.1, 0.15) is 0 Å². The van der Waals surface area contributed by atoms with Gasteiger partial charge in [0.05, 0.1) is 6.54 Å². The van der Waals surface area contributed by atoms with Crippen molar-refractivity contribution in [1.29, 1.82) is 0 Å². The minimum absolute atomic E-state index is 0.215. The van der Waals surface area contributed by atoms with Gasteiger partial charge >= 0.3 is 0 Å². The van der Waals surface area contributed by atoms with E-state index in [1.165, 1.54) is 31.2 Å². The van der Waals surface area contributed by atoms with Crippen LogP contribution in [0, 0.1) is 5.92 Å². The van der Waals surface area contributed by atoms with Crippen molar-refractivity contribution in [2.45, 2.75) is 38.0 Å². The molecular formula is C17H24ClN3. The summed E-state index contributed by atoms with van der Waals surface area (Å²) in [6.07, 6.45) is 5.13. The second kappa shape index (κ2) is 6.27. The molecule has 4 heteroatoms. The minimum Gasteiger partial charge on any atom is -0.357 e. The smallest absolute Gasteiger partial charge is 0.191 e. The van der Waals surface area contributed by atoms with Crippen molar-refractivity contribution >= 4 is 17.6 Å². The highest BCUT2D eigenvalue weighted by Crippen LogP contribution is 2.48. The fourth-order valence-corrected chi connectivity index (χ4v) is 2.83. The van der Waals surface area contributed by atoms with Crippen molar-refractivity contribution in [3.05, 3.63) is 34.9 Å². The van der Waals surface area contributed by atoms with Crippen molar-refractivity contribution in [2.24, 2.45) is 10.9 Å². The number of hydrogen-bond acceptors (Lipinski definition) is 1. The lowest BCUT2D eigenvalue weighted by atomic mass is 9.96. The Kier molecular flexibility index (Phi) is 4.39. The van der Waals surface area contributed by atoms with E-state index >= 15 is 0 Å². The van der Waals surface area contributed by atoms with Crippen molar-refractivity contribution in [1.82, 2.24) is 10.6 Å². The SMILES string of the molecule is CCNC(=NCC1(c2cccc(Cl)c2)CC1)NCC1CC1. The van der Waals surface area contributed by atoms with Gasteiger partial charge in [0.15, 0.2) is 5.96 Å². The summed E-state index contributed by atoms with van der Waals surface area (Å²) in [5.74, 6) is 1.81. The van der Waals surface area contributed by atoms with E-state index in [9.17, 15) is 0 Å². The molecular weight excluding hydrogens is 282 g/mol. The van der Waals surface area contributed by atoms with Gasteiger partial charge in [-0.2, -0.15) is 0 Å². The van der Waals surface area contributed by atoms with Gasteiger partial charge in [-0.1, -0.05) is 23.7 Å². The van der Waals surface area contributed by atoms with Gasteiger partial charge in [0.25, 0.3) is 0 Å². The molecule has 0 heterocycles. The normalized spacial score (nSPS) is 20.2. The molecule has 0 aliphatic heterocycles. The first-order valence-corrected chi connectivity index (χ1v) is 8.38. The highest BCUT2D eigenvalue weighted by Gasteiger charge is 2.44. The molecule has 2 saturated carbocycles. The Labute approximate surface area is 132 Å². The van der Waals surface area contributed by atoms with Gasteiger partial charge in [-0.3, -0.25) is 4.99 Å². The molecule has 2 fully saturated rings. The second-order valence-electron chi connectivity index (χ2n) is 6.31. The molecule has 3 rings (SSSR count). The average Bonchev–Trinajstić information content (AvgIpc) is 3.37. The topological polar surface area (TPSA) is 36.4 Å². The molecule has 0 saturated heterocycles. The number of benzene rings is 1. The zero-order valence-corrected chi connectivity index (χ0v) is 13.4. The molecule has 0 atom stereocenters. The highest BCUT2D eigenvalue weighted by atomic mass is 35.5. The molecule has 21 heavy (non-hydrogen) atoms. The molecule has 2 aliphatic carbocycles. The largest absolute Gasteiger partial charge is 0.357 e. The molecule has 1 aromatic rings. The Morgan fingerprint density at radius 3 is 2.76 bits per heavy atom. The van der Waals surface area contributed by atoms with Crippen LogP contribution in [0.15, 0.2) is 29.3 Å². The van der Waals surface area contributed by atoms with Gasteiger partial charge in [-0.15, -0.1) is 0 Å². The zero-order chi connectivity index (χ0) is 14.7. The van der Waals surface area contributed by atoms with E-state index < -0.39 is 0 Å². The number of rotatable bonds is 6. The van der Waals surface area contributed by atoms with E-state index in [4.69, 9.17) is 16.6 Å². The summed E-state index contributed by atoms with van der Waals surface area (Å²) >= 11 is 6.12. The standard InChI is InChI=1S/C17H24ClN3/c1-2-19-16(20-11-13-6-7-13)21-12-17(8-9-17)14-4-3-5-15(18)10-14/h3-5,10,13H,2,6-9,11-12H2,1H3,(H2,19,20,21). The molecule has 0 spiro atoms. The molecule has 0 unspecified atom stereocenters. The third-order valence-corrected chi connectivity index (χ3v) is 4.66. The molecule has 0 amide bonds. The van der Waals surface area contributed by atoms with Crippen LogP contribution < -0.4 is 10.6 Å². The Balaban J connectivity index is 1.64. The van der Waals surface area contributed by atoms with Gasteiger partial charge in [-0.25, -0.2) is 0 Å². The Morgan fingerprint density at radius 1 is 1.33 bits per heavy atom. The molecule has 1 aromatic carbocycles. The predicted molar refractivity (Wildman–Crippen MR) is 89.1 cm³/mol. The number of nitrogens with one attached hydrogen (secondary N) is 2. The summed E-state index contributed by atoms with van der Waals surface area (Å²) < 4.78 is 0. The minimum atomic E-state index is 0.215. The summed E-state index contributed by atoms with van der Waals surface area (Å²) in [4.78, 5) is 4.80. The molecule has 0 bridgehead atoms. The van der Waals surface area contributed by atoms with E-state index in [-0.39, 0.29) is 5.41 Å². The Morgan fingerprint density at radius 2 is 2.14 bits per heavy atom. The first-order chi connectivity index (χ1) is 10.2. The molecule has 0 aromatic heterocycles. The van der Waals surface area contributed by atoms with Crippen molar-refractivity contribution < 1.29 is 0 Å². The number of aliphatic imine (C=N–C) groups is 1. The van der Waals surface area contributed by atoms with Gasteiger partial charge in [-0.05, 0) is 56.2 Å². The summed E-state index contributed by atoms with van der Waals surface area (Å²) in [6.45, 7) is 4.90. The maximum absolute atomic E-state index is 6.12. The van der Waals surface area contributed by atoms with Gasteiger partial charge in [0, 0.05) is 23.5 Å². The first kappa shape index (κ1) is 14.7. The maximum Gasteiger partial charge on any atom is 0.191 e. The first-order valence-electron chi connectivity index (χ1n) is 8.00. The van der Waals surface area contributed by atoms with Crippen LogP contribution in [-0.4, -0.2) is 25.6 Å². The zero-order valence-electron chi connectivity index (χ0n) is 12.7. The van der Waals surface area contributed by atoms with Crippen LogP contribution in [0.1, 0.15) is 38.2 Å². The van der Waals surface area contributed by atoms with E-state index in [2.05, 4.69) is 29.7 Å². The number of nitrogens with zero attached hydrogens (tertiary/aromatic N) is 1. The summed E-state index contributed by atoms with van der Waals surface area (Å²) in [5.41, 5.74) is 1.55. The Bertz CT molecular complexity index is 519. The number of guanidine groups is 1. The molecule has 114 valence electrons. The number of halogens is 1. The van der Waals surface area contributed by atoms with Crippen LogP contribution in [0.3, 0.4) is 0 Å². The predicted octanol–water partition coefficient (Wildman–Crippen LogP) is 3.34. The monoisotopic (exact) mass is 305 g/mol. The fourth-order valence-electron chi connectivity index (χ4n) is 2.64. The Hall–Kier alpha value is -1.22. The van der Waals surface area contributed by atoms with Crippen molar-refractivity contribution in [3.8, 4) is 0 Å². The lowest BCUT2D eigenvalue weighted by Gasteiger charge is -2.16. The van der Waals surface area contributed by atoms with E-state index in [1.807, 2.05) is 12.1 Å². The third kappa shape index (κ3) is 3.91. The summed E-state index contributed by atoms with van der Waals surface area (Å²) in [6, 6.07) is 8.25. The van der Waals surface area contributed by atoms with Crippen LogP contribution in [0.2, 0.25) is 5.02 Å². The molecule has 2 N–H and O–H groups in total. The van der Waals surface area contributed by atoms with Crippen LogP contribution in [0.5, 0.6) is 0 Å². The molecule has 0 radical (unpaired) electrons. The maximum atomic E-state index is 6.12. The summed E-state index contributed by atoms with van der Waals surface area (Å²) in [5, 5.41) is 7.62. The lowest BCUT2D eigenvalue weighted by Crippen LogP contribution is -2.39. The van der Waals surface area contributed by atoms with Crippen molar-refractivity contribution in [3.63, 3.8) is 0 Å². The van der Waals surface area contributed by atoms with E-state index in [0.29, 0.717) is 0 Å². The second-order valence-corrected chi connectivity index (χ2v) is 6.75. The van der Waals surface area contributed by atoms with Crippen LogP contribution in [0.4, 0.5) is 0 Å². The lowest BCUT2D eigenvalue weighted by molar-refractivity contribution is 0.685. The molecule has 3 nitrogen and oxygen atoms in total. The van der Waals surface area contributed by atoms with Gasteiger partial charge < -0.3 is 10.6 Å². The van der Waals surface area contributed by atoms with Crippen molar-refractivity contribution in [2.75, 3.05) is 19.6 Å². The van der Waals surface area contributed by atoms with E-state index in [1.54, 1.807) is 0 Å². The van der Waals surface area contributed by atoms with Crippen LogP contribution in [0.25, 0.3) is 0 Å². The highest BCUT2D eigenvalue weighted by molar-refractivity contribution is 6.30. The average molecular weight is 306 g/mol. The van der Waals surface area contributed by atoms with Crippen LogP contribution in [-0.2, 0) is 5.41 Å². The molecule has 2 aliphatic rings. The van der Waals surface area contributed by atoms with E-state index in [0.717, 1.165) is 36.5 Å². The number of hydrogen-bond donors (Lipinski definition) is 2. The summed E-state index contributed by atoms with van der Waals surface area (Å²) in [7, 11) is 0. The van der Waals surface area contributed by atoms with Gasteiger partial charge in [0.2, 0.25) is 0 Å².